The van der Waals surface area contributed by atoms with Crippen LogP contribution >= 0.6 is 0 Å². The Bertz CT molecular complexity index is 594. The summed E-state index contributed by atoms with van der Waals surface area (Å²) in [6, 6.07) is 3.43. The van der Waals surface area contributed by atoms with Gasteiger partial charge in [0.25, 0.3) is 5.89 Å². The maximum absolute atomic E-state index is 9.43. The molecule has 2 rings (SSSR count). The molecule has 0 saturated heterocycles. The van der Waals surface area contributed by atoms with E-state index in [4.69, 9.17) is 18.7 Å². The zero-order chi connectivity index (χ0) is 14.7. The van der Waals surface area contributed by atoms with Gasteiger partial charge in [0.2, 0.25) is 5.75 Å². The molecule has 1 aromatic heterocycles. The smallest absolute Gasteiger partial charge is 0.261 e. The topological polar surface area (TPSA) is 86.8 Å². The number of rotatable bonds is 5. The molecular formula is C13H16N2O5. The summed E-state index contributed by atoms with van der Waals surface area (Å²) in [7, 11) is 4.56. The molecule has 2 aromatic rings. The van der Waals surface area contributed by atoms with E-state index in [1.807, 2.05) is 0 Å². The molecule has 108 valence electrons. The average molecular weight is 280 g/mol. The van der Waals surface area contributed by atoms with E-state index in [1.165, 1.54) is 21.3 Å². The Morgan fingerprint density at radius 2 is 1.80 bits per heavy atom. The van der Waals surface area contributed by atoms with Crippen LogP contribution in [-0.4, -0.2) is 36.6 Å². The van der Waals surface area contributed by atoms with E-state index >= 15 is 0 Å². The van der Waals surface area contributed by atoms with Crippen molar-refractivity contribution in [3.05, 3.63) is 18.0 Å². The number of aromatic nitrogens is 2. The number of methoxy groups -OCH3 is 3. The third-order valence-corrected chi connectivity index (χ3v) is 2.75. The first-order valence-electron chi connectivity index (χ1n) is 5.93. The van der Waals surface area contributed by atoms with Gasteiger partial charge in [-0.25, -0.2) is 0 Å². The maximum atomic E-state index is 9.43. The van der Waals surface area contributed by atoms with Gasteiger partial charge in [-0.15, -0.1) is 0 Å². The van der Waals surface area contributed by atoms with E-state index in [2.05, 4.69) is 10.1 Å². The molecule has 0 aliphatic rings. The van der Waals surface area contributed by atoms with Crippen molar-refractivity contribution in [3.8, 4) is 28.7 Å². The van der Waals surface area contributed by atoms with Crippen molar-refractivity contribution in [1.29, 1.82) is 0 Å². The second-order valence-electron chi connectivity index (χ2n) is 4.02. The fourth-order valence-electron chi connectivity index (χ4n) is 1.78. The van der Waals surface area contributed by atoms with Gasteiger partial charge in [-0.3, -0.25) is 0 Å². The van der Waals surface area contributed by atoms with Crippen LogP contribution in [0.15, 0.2) is 16.7 Å². The zero-order valence-electron chi connectivity index (χ0n) is 11.7. The third-order valence-electron chi connectivity index (χ3n) is 2.75. The Kier molecular flexibility index (Phi) is 4.09. The summed E-state index contributed by atoms with van der Waals surface area (Å²) < 4.78 is 21.0. The lowest BCUT2D eigenvalue weighted by atomic mass is 10.1. The van der Waals surface area contributed by atoms with Crippen LogP contribution in [0.3, 0.4) is 0 Å². The van der Waals surface area contributed by atoms with Gasteiger partial charge in [-0.05, 0) is 19.1 Å². The minimum atomic E-state index is -0.807. The van der Waals surface area contributed by atoms with Crippen LogP contribution in [0, 0.1) is 0 Å². The van der Waals surface area contributed by atoms with E-state index in [9.17, 15) is 5.11 Å². The van der Waals surface area contributed by atoms with Crippen molar-refractivity contribution in [2.45, 2.75) is 13.0 Å². The minimum absolute atomic E-state index is 0.205. The van der Waals surface area contributed by atoms with E-state index in [-0.39, 0.29) is 11.7 Å². The van der Waals surface area contributed by atoms with Crippen molar-refractivity contribution in [2.75, 3.05) is 21.3 Å². The van der Waals surface area contributed by atoms with Crippen LogP contribution in [0.2, 0.25) is 0 Å². The first-order valence-corrected chi connectivity index (χ1v) is 5.93. The highest BCUT2D eigenvalue weighted by molar-refractivity contribution is 5.71. The minimum Gasteiger partial charge on any atom is -0.493 e. The maximum Gasteiger partial charge on any atom is 0.261 e. The van der Waals surface area contributed by atoms with E-state index < -0.39 is 6.10 Å². The molecule has 1 heterocycles. The highest BCUT2D eigenvalue weighted by Crippen LogP contribution is 2.43. The number of aliphatic hydroxyl groups excluding tert-OH is 1. The van der Waals surface area contributed by atoms with E-state index in [0.717, 1.165) is 0 Å². The summed E-state index contributed by atoms with van der Waals surface area (Å²) in [5.41, 5.74) is 0.560. The SMILES string of the molecule is COc1ccc(-c2nc(C(C)O)no2)c(OC)c1OC. The number of nitrogens with zero attached hydrogens (tertiary/aromatic N) is 2. The monoisotopic (exact) mass is 280 g/mol. The molecule has 7 nitrogen and oxygen atoms in total. The number of hydrogen-bond acceptors (Lipinski definition) is 7. The molecule has 0 saturated carbocycles. The normalized spacial score (nSPS) is 12.1. The summed E-state index contributed by atoms with van der Waals surface area (Å²) in [5.74, 6) is 1.83. The van der Waals surface area contributed by atoms with Crippen molar-refractivity contribution in [3.63, 3.8) is 0 Å². The molecule has 1 N–H and O–H groups in total. The summed E-state index contributed by atoms with van der Waals surface area (Å²) in [4.78, 5) is 4.12. The predicted molar refractivity (Wildman–Crippen MR) is 70.0 cm³/mol. The van der Waals surface area contributed by atoms with Crippen LogP contribution in [0.25, 0.3) is 11.5 Å². The lowest BCUT2D eigenvalue weighted by Crippen LogP contribution is -1.97. The van der Waals surface area contributed by atoms with E-state index in [1.54, 1.807) is 19.1 Å². The second kappa shape index (κ2) is 5.79. The summed E-state index contributed by atoms with van der Waals surface area (Å²) in [6.45, 7) is 1.56. The van der Waals surface area contributed by atoms with Gasteiger partial charge in [0.1, 0.15) is 6.10 Å². The molecule has 0 aliphatic heterocycles. The Morgan fingerprint density at radius 3 is 2.30 bits per heavy atom. The van der Waals surface area contributed by atoms with Gasteiger partial charge in [0.15, 0.2) is 17.3 Å². The summed E-state index contributed by atoms with van der Waals surface area (Å²) >= 11 is 0. The highest BCUT2D eigenvalue weighted by Gasteiger charge is 2.21. The summed E-state index contributed by atoms with van der Waals surface area (Å²) in [6.07, 6.45) is -0.807. The molecular weight excluding hydrogens is 264 g/mol. The Hall–Kier alpha value is -2.28. The molecule has 20 heavy (non-hydrogen) atoms. The van der Waals surface area contributed by atoms with Crippen LogP contribution < -0.4 is 14.2 Å². The standard InChI is InChI=1S/C13H16N2O5/c1-7(16)12-14-13(20-15-12)8-5-6-9(17-2)11(19-4)10(8)18-3/h5-7,16H,1-4H3. The van der Waals surface area contributed by atoms with Crippen LogP contribution in [0.5, 0.6) is 17.2 Å². The van der Waals surface area contributed by atoms with Gasteiger partial charge in [-0.2, -0.15) is 4.98 Å². The molecule has 7 heteroatoms. The third kappa shape index (κ3) is 2.39. The lowest BCUT2D eigenvalue weighted by Gasteiger charge is -2.13. The van der Waals surface area contributed by atoms with Crippen molar-refractivity contribution >= 4 is 0 Å². The van der Waals surface area contributed by atoms with Crippen molar-refractivity contribution < 1.29 is 23.8 Å². The number of benzene rings is 1. The van der Waals surface area contributed by atoms with Crippen LogP contribution in [0.1, 0.15) is 18.9 Å². The largest absolute Gasteiger partial charge is 0.493 e. The fraction of sp³-hybridized carbons (Fsp3) is 0.385. The van der Waals surface area contributed by atoms with E-state index in [0.29, 0.717) is 22.8 Å². The van der Waals surface area contributed by atoms with Crippen molar-refractivity contribution in [2.24, 2.45) is 0 Å². The van der Waals surface area contributed by atoms with Crippen molar-refractivity contribution in [1.82, 2.24) is 10.1 Å². The number of hydrogen-bond donors (Lipinski definition) is 1. The zero-order valence-corrected chi connectivity index (χ0v) is 11.7. The number of ether oxygens (including phenoxy) is 3. The molecule has 0 amide bonds. The Balaban J connectivity index is 2.55. The Morgan fingerprint density at radius 1 is 1.10 bits per heavy atom. The molecule has 0 fully saturated rings. The molecule has 0 bridgehead atoms. The van der Waals surface area contributed by atoms with Gasteiger partial charge < -0.3 is 23.8 Å². The van der Waals surface area contributed by atoms with Crippen LogP contribution in [-0.2, 0) is 0 Å². The molecule has 0 radical (unpaired) electrons. The first-order chi connectivity index (χ1) is 9.62. The van der Waals surface area contributed by atoms with Gasteiger partial charge in [-0.1, -0.05) is 5.16 Å². The van der Waals surface area contributed by atoms with Gasteiger partial charge >= 0.3 is 0 Å². The molecule has 1 aromatic carbocycles. The quantitative estimate of drug-likeness (QED) is 0.893. The highest BCUT2D eigenvalue weighted by atomic mass is 16.5. The summed E-state index contributed by atoms with van der Waals surface area (Å²) in [5, 5.41) is 13.1. The molecule has 1 unspecified atom stereocenters. The number of aliphatic hydroxyl groups is 1. The average Bonchev–Trinajstić information content (AvgIpc) is 2.95. The fourth-order valence-corrected chi connectivity index (χ4v) is 1.78. The Labute approximate surface area is 116 Å². The van der Waals surface area contributed by atoms with Gasteiger partial charge in [0.05, 0.1) is 26.9 Å². The predicted octanol–water partition coefficient (Wildman–Crippen LogP) is 1.82. The molecule has 0 spiro atoms. The molecule has 1 atom stereocenters. The molecule has 0 aliphatic carbocycles. The second-order valence-corrected chi connectivity index (χ2v) is 4.02. The van der Waals surface area contributed by atoms with Gasteiger partial charge in [0, 0.05) is 0 Å². The lowest BCUT2D eigenvalue weighted by molar-refractivity contribution is 0.184. The first kappa shape index (κ1) is 14.1. The van der Waals surface area contributed by atoms with Crippen LogP contribution in [0.4, 0.5) is 0 Å².